The van der Waals surface area contributed by atoms with Crippen LogP contribution < -0.4 is 10.3 Å². The SMILES string of the molecule is CCN(CC)c1ccc([N+](=O)[O-])cc1/C=N\NC(=O)[C@H](C)Sc1ccc(Cl)cc1. The molecule has 0 fully saturated rings. The molecule has 0 aliphatic heterocycles. The zero-order chi connectivity index (χ0) is 21.4. The molecule has 0 saturated heterocycles. The van der Waals surface area contributed by atoms with Crippen LogP contribution in [0.4, 0.5) is 11.4 Å². The summed E-state index contributed by atoms with van der Waals surface area (Å²) in [5.74, 6) is -0.268. The first-order valence-electron chi connectivity index (χ1n) is 9.14. The van der Waals surface area contributed by atoms with Crippen molar-refractivity contribution in [2.45, 2.75) is 30.9 Å². The number of nitrogens with one attached hydrogen (secondary N) is 1. The topological polar surface area (TPSA) is 87.8 Å². The van der Waals surface area contributed by atoms with Gasteiger partial charge in [0.25, 0.3) is 11.6 Å². The van der Waals surface area contributed by atoms with Gasteiger partial charge in [-0.15, -0.1) is 11.8 Å². The average molecular weight is 435 g/mol. The van der Waals surface area contributed by atoms with E-state index in [-0.39, 0.29) is 16.8 Å². The van der Waals surface area contributed by atoms with Crippen molar-refractivity contribution in [1.29, 1.82) is 0 Å². The van der Waals surface area contributed by atoms with Gasteiger partial charge in [0.15, 0.2) is 0 Å². The molecule has 0 aliphatic carbocycles. The zero-order valence-electron chi connectivity index (χ0n) is 16.5. The molecule has 0 bridgehead atoms. The minimum Gasteiger partial charge on any atom is -0.372 e. The third-order valence-corrected chi connectivity index (χ3v) is 5.56. The lowest BCUT2D eigenvalue weighted by Crippen LogP contribution is -2.27. The second kappa shape index (κ2) is 10.8. The number of nitro benzene ring substituents is 1. The fourth-order valence-corrected chi connectivity index (χ4v) is 3.63. The first kappa shape index (κ1) is 22.7. The molecule has 1 N–H and O–H groups in total. The summed E-state index contributed by atoms with van der Waals surface area (Å²) in [6.45, 7) is 7.28. The van der Waals surface area contributed by atoms with Crippen LogP contribution in [0.2, 0.25) is 5.02 Å². The first-order chi connectivity index (χ1) is 13.8. The van der Waals surface area contributed by atoms with Gasteiger partial charge >= 0.3 is 0 Å². The van der Waals surface area contributed by atoms with Crippen molar-refractivity contribution in [3.05, 3.63) is 63.2 Å². The van der Waals surface area contributed by atoms with E-state index < -0.39 is 4.92 Å². The number of carbonyl (C=O) groups excluding carboxylic acids is 1. The zero-order valence-corrected chi connectivity index (χ0v) is 18.0. The van der Waals surface area contributed by atoms with E-state index in [9.17, 15) is 14.9 Å². The number of carbonyl (C=O) groups is 1. The maximum atomic E-state index is 12.3. The summed E-state index contributed by atoms with van der Waals surface area (Å²) in [7, 11) is 0. The molecule has 0 heterocycles. The van der Waals surface area contributed by atoms with Crippen LogP contribution in [0.1, 0.15) is 26.3 Å². The predicted octanol–water partition coefficient (Wildman–Crippen LogP) is 4.73. The van der Waals surface area contributed by atoms with Crippen molar-refractivity contribution in [3.8, 4) is 0 Å². The first-order valence-corrected chi connectivity index (χ1v) is 10.4. The Morgan fingerprint density at radius 2 is 1.93 bits per heavy atom. The third kappa shape index (κ3) is 6.47. The summed E-state index contributed by atoms with van der Waals surface area (Å²) < 4.78 is 0. The summed E-state index contributed by atoms with van der Waals surface area (Å²) in [4.78, 5) is 26.0. The fraction of sp³-hybridized carbons (Fsp3) is 0.300. The van der Waals surface area contributed by atoms with Gasteiger partial charge in [-0.2, -0.15) is 5.10 Å². The quantitative estimate of drug-likeness (QED) is 0.267. The largest absolute Gasteiger partial charge is 0.372 e. The molecule has 2 aromatic rings. The summed E-state index contributed by atoms with van der Waals surface area (Å²) in [6.07, 6.45) is 1.44. The molecular weight excluding hydrogens is 412 g/mol. The van der Waals surface area contributed by atoms with Crippen molar-refractivity contribution < 1.29 is 9.72 Å². The Hall–Kier alpha value is -2.58. The van der Waals surface area contributed by atoms with Crippen LogP contribution >= 0.6 is 23.4 Å². The van der Waals surface area contributed by atoms with E-state index in [4.69, 9.17) is 11.6 Å². The number of hydrazone groups is 1. The summed E-state index contributed by atoms with van der Waals surface area (Å²) in [5.41, 5.74) is 3.87. The number of hydrogen-bond acceptors (Lipinski definition) is 6. The maximum absolute atomic E-state index is 12.3. The lowest BCUT2D eigenvalue weighted by Gasteiger charge is -2.22. The number of nitrogens with zero attached hydrogens (tertiary/aromatic N) is 3. The van der Waals surface area contributed by atoms with Crippen LogP contribution in [0.5, 0.6) is 0 Å². The molecule has 9 heteroatoms. The monoisotopic (exact) mass is 434 g/mol. The Morgan fingerprint density at radius 1 is 1.28 bits per heavy atom. The molecule has 0 radical (unpaired) electrons. The molecule has 0 unspecified atom stereocenters. The van der Waals surface area contributed by atoms with E-state index in [0.717, 1.165) is 23.7 Å². The van der Waals surface area contributed by atoms with E-state index in [1.807, 2.05) is 26.0 Å². The Labute approximate surface area is 179 Å². The lowest BCUT2D eigenvalue weighted by molar-refractivity contribution is -0.384. The Balaban J connectivity index is 2.10. The number of halogens is 1. The van der Waals surface area contributed by atoms with Crippen LogP contribution in [-0.2, 0) is 4.79 Å². The summed E-state index contributed by atoms with van der Waals surface area (Å²) >= 11 is 7.26. The highest BCUT2D eigenvalue weighted by Gasteiger charge is 2.15. The molecular formula is C20H23ClN4O3S. The Kier molecular flexibility index (Phi) is 8.48. The van der Waals surface area contributed by atoms with Gasteiger partial charge in [0, 0.05) is 46.4 Å². The van der Waals surface area contributed by atoms with Gasteiger partial charge in [0.1, 0.15) is 0 Å². The molecule has 0 aliphatic rings. The summed E-state index contributed by atoms with van der Waals surface area (Å²) in [6, 6.07) is 11.9. The van der Waals surface area contributed by atoms with Gasteiger partial charge in [-0.05, 0) is 51.1 Å². The Morgan fingerprint density at radius 3 is 2.52 bits per heavy atom. The van der Waals surface area contributed by atoms with Gasteiger partial charge in [-0.1, -0.05) is 11.6 Å². The van der Waals surface area contributed by atoms with Gasteiger partial charge in [0.2, 0.25) is 0 Å². The van der Waals surface area contributed by atoms with Crippen LogP contribution in [0, 0.1) is 10.1 Å². The second-order valence-electron chi connectivity index (χ2n) is 6.12. The Bertz CT molecular complexity index is 886. The predicted molar refractivity (Wildman–Crippen MR) is 119 cm³/mol. The van der Waals surface area contributed by atoms with E-state index >= 15 is 0 Å². The van der Waals surface area contributed by atoms with Crippen molar-refractivity contribution in [2.24, 2.45) is 5.10 Å². The standard InChI is InChI=1S/C20H23ClN4O3S/c1-4-24(5-2)19-11-8-17(25(27)28)12-15(19)13-22-23-20(26)14(3)29-18-9-6-16(21)7-10-18/h6-14H,4-5H2,1-3H3,(H,23,26)/b22-13-/t14-/m0/s1. The molecule has 7 nitrogen and oxygen atoms in total. The molecule has 0 spiro atoms. The molecule has 0 aromatic heterocycles. The van der Waals surface area contributed by atoms with E-state index in [0.29, 0.717) is 10.6 Å². The number of anilines is 1. The highest BCUT2D eigenvalue weighted by atomic mass is 35.5. The smallest absolute Gasteiger partial charge is 0.270 e. The van der Waals surface area contributed by atoms with Crippen molar-refractivity contribution in [1.82, 2.24) is 5.43 Å². The number of thioether (sulfide) groups is 1. The highest BCUT2D eigenvalue weighted by molar-refractivity contribution is 8.00. The molecule has 29 heavy (non-hydrogen) atoms. The molecule has 1 amide bonds. The maximum Gasteiger partial charge on any atom is 0.270 e. The second-order valence-corrected chi connectivity index (χ2v) is 7.97. The van der Waals surface area contributed by atoms with Gasteiger partial charge in [-0.3, -0.25) is 14.9 Å². The molecule has 0 saturated carbocycles. The number of nitro groups is 1. The molecule has 1 atom stereocenters. The minimum atomic E-state index is -0.452. The highest BCUT2D eigenvalue weighted by Crippen LogP contribution is 2.25. The average Bonchev–Trinajstić information content (AvgIpc) is 2.71. The van der Waals surface area contributed by atoms with E-state index in [1.54, 1.807) is 25.1 Å². The van der Waals surface area contributed by atoms with Crippen LogP contribution in [0.15, 0.2) is 52.5 Å². The van der Waals surface area contributed by atoms with Gasteiger partial charge in [0.05, 0.1) is 16.4 Å². The van der Waals surface area contributed by atoms with Crippen LogP contribution in [-0.4, -0.2) is 35.4 Å². The molecule has 154 valence electrons. The van der Waals surface area contributed by atoms with Crippen LogP contribution in [0.25, 0.3) is 0 Å². The normalized spacial score (nSPS) is 12.0. The van der Waals surface area contributed by atoms with Crippen molar-refractivity contribution in [3.63, 3.8) is 0 Å². The van der Waals surface area contributed by atoms with Gasteiger partial charge in [-0.25, -0.2) is 5.43 Å². The third-order valence-electron chi connectivity index (χ3n) is 4.20. The number of non-ortho nitro benzene ring substituents is 1. The fourth-order valence-electron chi connectivity index (χ4n) is 2.64. The van der Waals surface area contributed by atoms with Crippen molar-refractivity contribution >= 4 is 46.9 Å². The summed E-state index contributed by atoms with van der Waals surface area (Å²) in [5, 5.41) is 15.4. The van der Waals surface area contributed by atoms with Gasteiger partial charge < -0.3 is 4.90 Å². The minimum absolute atomic E-state index is 0.0275. The number of hydrogen-bond donors (Lipinski definition) is 1. The number of benzene rings is 2. The van der Waals surface area contributed by atoms with Crippen molar-refractivity contribution in [2.75, 3.05) is 18.0 Å². The molecule has 2 aromatic carbocycles. The number of rotatable bonds is 9. The lowest BCUT2D eigenvalue weighted by atomic mass is 10.1. The van der Waals surface area contributed by atoms with E-state index in [1.165, 1.54) is 30.1 Å². The number of amides is 1. The molecule has 2 rings (SSSR count). The van der Waals surface area contributed by atoms with Crippen LogP contribution in [0.3, 0.4) is 0 Å². The van der Waals surface area contributed by atoms with E-state index in [2.05, 4.69) is 15.4 Å².